The molecule has 11 nitrogen and oxygen atoms in total. The number of hydrogen-bond acceptors (Lipinski definition) is 8. The van der Waals surface area contributed by atoms with Crippen LogP contribution in [0.4, 0.5) is 11.4 Å². The summed E-state index contributed by atoms with van der Waals surface area (Å²) in [7, 11) is -2.50. The number of sulfonamides is 1. The van der Waals surface area contributed by atoms with Crippen molar-refractivity contribution in [3.63, 3.8) is 0 Å². The van der Waals surface area contributed by atoms with E-state index in [0.717, 1.165) is 6.07 Å². The van der Waals surface area contributed by atoms with Crippen LogP contribution in [0.15, 0.2) is 69.5 Å². The first-order chi connectivity index (χ1) is 15.6. The third-order valence-corrected chi connectivity index (χ3v) is 5.32. The van der Waals surface area contributed by atoms with Gasteiger partial charge in [-0.1, -0.05) is 0 Å². The first kappa shape index (κ1) is 23.2. The summed E-state index contributed by atoms with van der Waals surface area (Å²) >= 11 is 0. The second-order valence-electron chi connectivity index (χ2n) is 6.54. The van der Waals surface area contributed by atoms with E-state index in [9.17, 15) is 28.6 Å². The standard InChI is InChI=1S/C21H16N4O7S/c1-31-20-8-4-15(25(27)28)11-18(20)24-21(26)14(12-22)10-16-5-9-19(32-16)13-2-6-17(7-3-13)33(23,29)30/h2-11H,1H3,(H,24,26)(H2,23,29,30)/b14-10+. The Hall–Kier alpha value is -4.47. The molecule has 0 spiro atoms. The average Bonchev–Trinajstić information content (AvgIpc) is 3.25. The van der Waals surface area contributed by atoms with Crippen molar-refractivity contribution < 1.29 is 27.3 Å². The summed E-state index contributed by atoms with van der Waals surface area (Å²) in [6.07, 6.45) is 1.20. The number of nitro groups is 1. The van der Waals surface area contributed by atoms with Gasteiger partial charge in [0.05, 0.1) is 22.6 Å². The molecule has 0 atom stereocenters. The maximum absolute atomic E-state index is 12.6. The monoisotopic (exact) mass is 468 g/mol. The molecule has 0 fully saturated rings. The summed E-state index contributed by atoms with van der Waals surface area (Å²) in [6.45, 7) is 0. The Morgan fingerprint density at radius 3 is 2.48 bits per heavy atom. The van der Waals surface area contributed by atoms with Crippen molar-refractivity contribution in [3.8, 4) is 23.1 Å². The summed E-state index contributed by atoms with van der Waals surface area (Å²) in [4.78, 5) is 22.9. The van der Waals surface area contributed by atoms with Gasteiger partial charge in [-0.3, -0.25) is 14.9 Å². The van der Waals surface area contributed by atoms with Crippen LogP contribution in [0.25, 0.3) is 17.4 Å². The molecule has 3 aromatic rings. The highest BCUT2D eigenvalue weighted by molar-refractivity contribution is 7.89. The number of amides is 1. The number of hydrogen-bond donors (Lipinski definition) is 2. The van der Waals surface area contributed by atoms with Crippen molar-refractivity contribution in [3.05, 3.63) is 76.0 Å². The van der Waals surface area contributed by atoms with Gasteiger partial charge in [-0.25, -0.2) is 13.6 Å². The van der Waals surface area contributed by atoms with Crippen molar-refractivity contribution in [2.75, 3.05) is 12.4 Å². The van der Waals surface area contributed by atoms with Crippen molar-refractivity contribution in [1.29, 1.82) is 5.26 Å². The number of carbonyl (C=O) groups excluding carboxylic acids is 1. The van der Waals surface area contributed by atoms with Crippen molar-refractivity contribution in [2.45, 2.75) is 4.90 Å². The Morgan fingerprint density at radius 1 is 1.21 bits per heavy atom. The van der Waals surface area contributed by atoms with E-state index in [4.69, 9.17) is 14.3 Å². The van der Waals surface area contributed by atoms with Crippen LogP contribution in [0.1, 0.15) is 5.76 Å². The van der Waals surface area contributed by atoms with E-state index in [-0.39, 0.29) is 33.4 Å². The number of non-ortho nitro benzene ring substituents is 1. The summed E-state index contributed by atoms with van der Waals surface area (Å²) in [6, 6.07) is 14.1. The van der Waals surface area contributed by atoms with Crippen molar-refractivity contribution in [2.24, 2.45) is 5.14 Å². The number of nitrogens with two attached hydrogens (primary N) is 1. The fourth-order valence-corrected chi connectivity index (χ4v) is 3.30. The van der Waals surface area contributed by atoms with Crippen LogP contribution < -0.4 is 15.2 Å². The minimum Gasteiger partial charge on any atom is -0.495 e. The van der Waals surface area contributed by atoms with Crippen LogP contribution in [0.5, 0.6) is 5.75 Å². The molecule has 3 rings (SSSR count). The number of nitro benzene ring substituents is 1. The lowest BCUT2D eigenvalue weighted by atomic mass is 10.2. The third-order valence-electron chi connectivity index (χ3n) is 4.39. The molecular formula is C21H16N4O7S. The highest BCUT2D eigenvalue weighted by Gasteiger charge is 2.17. The molecule has 0 aliphatic heterocycles. The van der Waals surface area contributed by atoms with E-state index in [1.807, 2.05) is 0 Å². The van der Waals surface area contributed by atoms with Gasteiger partial charge >= 0.3 is 0 Å². The Bertz CT molecular complexity index is 1400. The van der Waals surface area contributed by atoms with Gasteiger partial charge < -0.3 is 14.5 Å². The lowest BCUT2D eigenvalue weighted by Gasteiger charge is -2.09. The Balaban J connectivity index is 1.84. The van der Waals surface area contributed by atoms with E-state index in [1.165, 1.54) is 55.7 Å². The SMILES string of the molecule is COc1ccc([N+](=O)[O-])cc1NC(=O)/C(C#N)=C/c1ccc(-c2ccc(S(N)(=O)=O)cc2)o1. The molecule has 0 aliphatic carbocycles. The number of furan rings is 1. The van der Waals surface area contributed by atoms with Crippen LogP contribution >= 0.6 is 0 Å². The first-order valence-electron chi connectivity index (χ1n) is 9.11. The topological polar surface area (TPSA) is 179 Å². The maximum Gasteiger partial charge on any atom is 0.271 e. The fourth-order valence-electron chi connectivity index (χ4n) is 2.78. The quantitative estimate of drug-likeness (QED) is 0.230. The number of nitrogens with one attached hydrogen (secondary N) is 1. The zero-order valence-corrected chi connectivity index (χ0v) is 17.8. The average molecular weight is 468 g/mol. The predicted molar refractivity (Wildman–Crippen MR) is 117 cm³/mol. The zero-order valence-electron chi connectivity index (χ0n) is 17.0. The highest BCUT2D eigenvalue weighted by atomic mass is 32.2. The molecule has 33 heavy (non-hydrogen) atoms. The highest BCUT2D eigenvalue weighted by Crippen LogP contribution is 2.29. The lowest BCUT2D eigenvalue weighted by Crippen LogP contribution is -2.14. The fraction of sp³-hybridized carbons (Fsp3) is 0.0476. The van der Waals surface area contributed by atoms with Gasteiger partial charge in [0.2, 0.25) is 10.0 Å². The summed E-state index contributed by atoms with van der Waals surface area (Å²) in [5, 5.41) is 27.9. The Morgan fingerprint density at radius 2 is 1.91 bits per heavy atom. The number of rotatable bonds is 7. The number of nitrogens with zero attached hydrogens (tertiary/aromatic N) is 2. The van der Waals surface area contributed by atoms with Crippen LogP contribution in [0.2, 0.25) is 0 Å². The molecule has 0 aliphatic rings. The maximum atomic E-state index is 12.6. The Labute approximate surface area is 187 Å². The Kier molecular flexibility index (Phi) is 6.57. The largest absolute Gasteiger partial charge is 0.495 e. The second-order valence-corrected chi connectivity index (χ2v) is 8.10. The molecule has 3 N–H and O–H groups in total. The van der Waals surface area contributed by atoms with Crippen LogP contribution in [-0.2, 0) is 14.8 Å². The van der Waals surface area contributed by atoms with Gasteiger partial charge in [0.15, 0.2) is 0 Å². The molecule has 2 aromatic carbocycles. The van der Waals surface area contributed by atoms with Gasteiger partial charge in [0.25, 0.3) is 11.6 Å². The van der Waals surface area contributed by atoms with Gasteiger partial charge in [-0.2, -0.15) is 5.26 Å². The molecule has 168 valence electrons. The minimum atomic E-state index is -3.83. The van der Waals surface area contributed by atoms with Gasteiger partial charge in [0, 0.05) is 23.8 Å². The third kappa shape index (κ3) is 5.42. The normalized spacial score (nSPS) is 11.5. The van der Waals surface area contributed by atoms with E-state index >= 15 is 0 Å². The van der Waals surface area contributed by atoms with Crippen LogP contribution in [0, 0.1) is 21.4 Å². The summed E-state index contributed by atoms with van der Waals surface area (Å²) < 4.78 is 33.4. The van der Waals surface area contributed by atoms with Gasteiger partial charge in [-0.15, -0.1) is 0 Å². The molecule has 0 radical (unpaired) electrons. The number of benzene rings is 2. The number of anilines is 1. The van der Waals surface area contributed by atoms with Gasteiger partial charge in [0.1, 0.15) is 28.9 Å². The number of nitriles is 1. The molecule has 0 saturated carbocycles. The minimum absolute atomic E-state index is 0.0212. The molecule has 0 unspecified atom stereocenters. The molecule has 1 heterocycles. The number of ether oxygens (including phenoxy) is 1. The lowest BCUT2D eigenvalue weighted by molar-refractivity contribution is -0.384. The van der Waals surface area contributed by atoms with Gasteiger partial charge in [-0.05, 0) is 42.5 Å². The van der Waals surface area contributed by atoms with Crippen LogP contribution in [0.3, 0.4) is 0 Å². The first-order valence-corrected chi connectivity index (χ1v) is 10.7. The predicted octanol–water partition coefficient (Wildman–Crippen LogP) is 3.06. The molecular weight excluding hydrogens is 452 g/mol. The smallest absolute Gasteiger partial charge is 0.271 e. The summed E-state index contributed by atoms with van der Waals surface area (Å²) in [5.74, 6) is -0.111. The van der Waals surface area contributed by atoms with E-state index in [1.54, 1.807) is 12.1 Å². The molecule has 1 aromatic heterocycles. The van der Waals surface area contributed by atoms with Crippen LogP contribution in [-0.4, -0.2) is 26.4 Å². The zero-order chi connectivity index (χ0) is 24.2. The van der Waals surface area contributed by atoms with E-state index in [0.29, 0.717) is 11.3 Å². The van der Waals surface area contributed by atoms with Crippen molar-refractivity contribution in [1.82, 2.24) is 0 Å². The number of carbonyl (C=O) groups is 1. The van der Waals surface area contributed by atoms with E-state index < -0.39 is 20.9 Å². The summed E-state index contributed by atoms with van der Waals surface area (Å²) in [5.41, 5.74) is -0.0222. The number of methoxy groups -OCH3 is 1. The molecule has 1 amide bonds. The second kappa shape index (κ2) is 9.35. The van der Waals surface area contributed by atoms with Crippen molar-refractivity contribution >= 4 is 33.4 Å². The molecule has 12 heteroatoms. The molecule has 0 bridgehead atoms. The molecule has 0 saturated heterocycles. The van der Waals surface area contributed by atoms with E-state index in [2.05, 4.69) is 5.32 Å². The number of primary sulfonamides is 1.